The first-order valence-corrected chi connectivity index (χ1v) is 7.96. The van der Waals surface area contributed by atoms with Gasteiger partial charge in [0.2, 0.25) is 0 Å². The van der Waals surface area contributed by atoms with Gasteiger partial charge in [-0.25, -0.2) is 4.98 Å². The minimum atomic E-state index is -0.379. The number of nitrogens with zero attached hydrogens (tertiary/aromatic N) is 1. The second kappa shape index (κ2) is 5.44. The van der Waals surface area contributed by atoms with E-state index in [4.69, 9.17) is 13.7 Å². The Morgan fingerprint density at radius 3 is 2.55 bits per heavy atom. The predicted octanol–water partition coefficient (Wildman–Crippen LogP) is 3.77. The summed E-state index contributed by atoms with van der Waals surface area (Å²) in [6.45, 7) is 8.18. The van der Waals surface area contributed by atoms with Gasteiger partial charge in [0.15, 0.2) is 12.0 Å². The molecule has 0 atom stereocenters. The molecular formula is C16H20BNO3S. The lowest BCUT2D eigenvalue weighted by Gasteiger charge is -2.32. The van der Waals surface area contributed by atoms with Crippen molar-refractivity contribution < 1.29 is 13.7 Å². The van der Waals surface area contributed by atoms with Gasteiger partial charge < -0.3 is 13.7 Å². The molecule has 0 aliphatic carbocycles. The van der Waals surface area contributed by atoms with E-state index in [-0.39, 0.29) is 18.3 Å². The molecule has 22 heavy (non-hydrogen) atoms. The first-order valence-electron chi connectivity index (χ1n) is 7.33. The Balaban J connectivity index is 1.90. The van der Waals surface area contributed by atoms with E-state index in [1.165, 1.54) is 6.39 Å². The Hall–Kier alpha value is -1.24. The van der Waals surface area contributed by atoms with Gasteiger partial charge >= 0.3 is 7.12 Å². The van der Waals surface area contributed by atoms with E-state index in [0.29, 0.717) is 5.75 Å². The summed E-state index contributed by atoms with van der Waals surface area (Å²) in [5, 5.41) is 0. The van der Waals surface area contributed by atoms with Crippen molar-refractivity contribution in [3.05, 3.63) is 35.6 Å². The molecule has 1 saturated heterocycles. The third-order valence-electron chi connectivity index (χ3n) is 4.45. The average molecular weight is 317 g/mol. The lowest BCUT2D eigenvalue weighted by atomic mass is 9.78. The summed E-state index contributed by atoms with van der Waals surface area (Å²) in [5.41, 5.74) is 2.93. The van der Waals surface area contributed by atoms with Crippen LogP contribution in [0.15, 0.2) is 34.5 Å². The Morgan fingerprint density at radius 1 is 1.23 bits per heavy atom. The van der Waals surface area contributed by atoms with E-state index in [1.807, 2.05) is 52.0 Å². The van der Waals surface area contributed by atoms with Gasteiger partial charge in [0.05, 0.1) is 11.2 Å². The van der Waals surface area contributed by atoms with Crippen molar-refractivity contribution in [2.45, 2.75) is 38.9 Å². The molecule has 0 radical (unpaired) electrons. The average Bonchev–Trinajstić information content (AvgIpc) is 2.98. The van der Waals surface area contributed by atoms with Gasteiger partial charge in [-0.3, -0.25) is 0 Å². The number of aromatic nitrogens is 1. The van der Waals surface area contributed by atoms with Crippen molar-refractivity contribution in [3.8, 4) is 0 Å². The van der Waals surface area contributed by atoms with Crippen LogP contribution >= 0.6 is 12.6 Å². The third-order valence-corrected chi connectivity index (χ3v) is 4.81. The van der Waals surface area contributed by atoms with Gasteiger partial charge in [-0.1, -0.05) is 12.1 Å². The van der Waals surface area contributed by atoms with E-state index < -0.39 is 0 Å². The Morgan fingerprint density at radius 2 is 1.91 bits per heavy atom. The lowest BCUT2D eigenvalue weighted by molar-refractivity contribution is 0.00578. The van der Waals surface area contributed by atoms with Crippen LogP contribution in [0.1, 0.15) is 33.3 Å². The van der Waals surface area contributed by atoms with Crippen molar-refractivity contribution in [1.82, 2.24) is 4.98 Å². The molecule has 1 aromatic heterocycles. The minimum absolute atomic E-state index is 0.351. The largest absolute Gasteiger partial charge is 0.491 e. The van der Waals surface area contributed by atoms with Crippen LogP contribution in [0.2, 0.25) is 0 Å². The molecule has 0 amide bonds. The Bertz CT molecular complexity index is 707. The number of thiol groups is 1. The SMILES string of the molecule is CC1(C)OB(C(=Cc2ccc3ocnc3c2)CS)OC1(C)C. The zero-order valence-corrected chi connectivity index (χ0v) is 14.2. The van der Waals surface area contributed by atoms with Gasteiger partial charge in [0.1, 0.15) is 5.52 Å². The Labute approximate surface area is 136 Å². The summed E-state index contributed by atoms with van der Waals surface area (Å²) >= 11 is 4.43. The quantitative estimate of drug-likeness (QED) is 0.691. The predicted molar refractivity (Wildman–Crippen MR) is 91.9 cm³/mol. The number of fused-ring (bicyclic) bond motifs is 1. The highest BCUT2D eigenvalue weighted by atomic mass is 32.1. The zero-order chi connectivity index (χ0) is 16.0. The minimum Gasteiger partial charge on any atom is -0.443 e. The maximum absolute atomic E-state index is 6.09. The van der Waals surface area contributed by atoms with E-state index in [2.05, 4.69) is 17.6 Å². The maximum Gasteiger partial charge on any atom is 0.491 e. The molecule has 2 heterocycles. The normalized spacial score (nSPS) is 20.8. The molecule has 0 unspecified atom stereocenters. The molecule has 2 aromatic rings. The number of benzene rings is 1. The summed E-state index contributed by atoms with van der Waals surface area (Å²) in [6, 6.07) is 5.88. The van der Waals surface area contributed by atoms with Crippen molar-refractivity contribution in [2.75, 3.05) is 5.75 Å². The molecule has 3 rings (SSSR count). The second-order valence-electron chi connectivity index (χ2n) is 6.55. The van der Waals surface area contributed by atoms with E-state index in [9.17, 15) is 0 Å². The van der Waals surface area contributed by atoms with Gasteiger partial charge in [0.25, 0.3) is 0 Å². The van der Waals surface area contributed by atoms with E-state index in [0.717, 1.165) is 22.1 Å². The van der Waals surface area contributed by atoms with E-state index >= 15 is 0 Å². The molecule has 1 fully saturated rings. The van der Waals surface area contributed by atoms with Crippen molar-refractivity contribution in [3.63, 3.8) is 0 Å². The zero-order valence-electron chi connectivity index (χ0n) is 13.3. The van der Waals surface area contributed by atoms with E-state index in [1.54, 1.807) is 0 Å². The van der Waals surface area contributed by atoms with Gasteiger partial charge in [-0.05, 0) is 50.9 Å². The summed E-state index contributed by atoms with van der Waals surface area (Å²) in [4.78, 5) is 4.18. The molecule has 6 heteroatoms. The van der Waals surface area contributed by atoms with Crippen LogP contribution in [0.3, 0.4) is 0 Å². The Kier molecular flexibility index (Phi) is 3.87. The fourth-order valence-electron chi connectivity index (χ4n) is 2.36. The smallest absolute Gasteiger partial charge is 0.443 e. The lowest BCUT2D eigenvalue weighted by Crippen LogP contribution is -2.41. The van der Waals surface area contributed by atoms with Crippen LogP contribution in [-0.2, 0) is 9.31 Å². The van der Waals surface area contributed by atoms with Crippen LogP contribution in [0.5, 0.6) is 0 Å². The molecule has 116 valence electrons. The summed E-state index contributed by atoms with van der Waals surface area (Å²) in [5.74, 6) is 0.563. The molecule has 0 saturated carbocycles. The van der Waals surface area contributed by atoms with Gasteiger partial charge in [-0.2, -0.15) is 12.6 Å². The van der Waals surface area contributed by atoms with Gasteiger partial charge in [0, 0.05) is 5.75 Å². The summed E-state index contributed by atoms with van der Waals surface area (Å²) in [7, 11) is -0.379. The van der Waals surface area contributed by atoms with Crippen molar-refractivity contribution in [1.29, 1.82) is 0 Å². The third kappa shape index (κ3) is 2.71. The molecule has 1 aromatic carbocycles. The standard InChI is InChI=1S/C16H20BNO3S/c1-15(2)16(3,4)21-17(20-15)12(9-22)7-11-5-6-14-13(8-11)18-10-19-14/h5-8,10,22H,9H2,1-4H3. The molecule has 1 aliphatic rings. The number of oxazole rings is 1. The molecular weight excluding hydrogens is 297 g/mol. The summed E-state index contributed by atoms with van der Waals surface area (Å²) in [6.07, 6.45) is 3.50. The van der Waals surface area contributed by atoms with Crippen molar-refractivity contribution >= 4 is 36.9 Å². The number of hydrogen-bond acceptors (Lipinski definition) is 5. The topological polar surface area (TPSA) is 44.5 Å². The van der Waals surface area contributed by atoms with Crippen LogP contribution < -0.4 is 0 Å². The fourth-order valence-corrected chi connectivity index (χ4v) is 2.60. The summed E-state index contributed by atoms with van der Waals surface area (Å²) < 4.78 is 17.4. The fraction of sp³-hybridized carbons (Fsp3) is 0.438. The molecule has 1 aliphatic heterocycles. The highest BCUT2D eigenvalue weighted by Gasteiger charge is 2.52. The molecule has 0 N–H and O–H groups in total. The monoisotopic (exact) mass is 317 g/mol. The molecule has 0 bridgehead atoms. The second-order valence-corrected chi connectivity index (χ2v) is 6.86. The number of rotatable bonds is 3. The van der Waals surface area contributed by atoms with Crippen LogP contribution in [-0.4, -0.2) is 29.1 Å². The van der Waals surface area contributed by atoms with Crippen LogP contribution in [0, 0.1) is 0 Å². The number of hydrogen-bond donors (Lipinski definition) is 1. The molecule has 4 nitrogen and oxygen atoms in total. The highest BCUT2D eigenvalue weighted by Crippen LogP contribution is 2.39. The van der Waals surface area contributed by atoms with Gasteiger partial charge in [-0.15, -0.1) is 0 Å². The molecule has 0 spiro atoms. The van der Waals surface area contributed by atoms with Crippen LogP contribution in [0.4, 0.5) is 0 Å². The van der Waals surface area contributed by atoms with Crippen LogP contribution in [0.25, 0.3) is 17.2 Å². The maximum atomic E-state index is 6.09. The first-order chi connectivity index (χ1) is 10.3. The first kappa shape index (κ1) is 15.7. The van der Waals surface area contributed by atoms with Crippen molar-refractivity contribution in [2.24, 2.45) is 0 Å². The highest BCUT2D eigenvalue weighted by molar-refractivity contribution is 7.80.